The average molecular weight is 534 g/mol. The van der Waals surface area contributed by atoms with Gasteiger partial charge in [-0.25, -0.2) is 8.42 Å². The van der Waals surface area contributed by atoms with Gasteiger partial charge in [0.05, 0.1) is 11.9 Å². The minimum absolute atomic E-state index is 0.0967. The van der Waals surface area contributed by atoms with E-state index in [9.17, 15) is 18.0 Å². The Kier molecular flexibility index (Phi) is 9.41. The molecule has 0 bridgehead atoms. The molecule has 0 aromatic heterocycles. The number of carbonyl (C=O) groups excluding carboxylic acids is 2. The maximum atomic E-state index is 13.9. The van der Waals surface area contributed by atoms with Gasteiger partial charge in [-0.3, -0.25) is 13.9 Å². The van der Waals surface area contributed by atoms with E-state index in [-0.39, 0.29) is 18.5 Å². The molecule has 0 spiro atoms. The van der Waals surface area contributed by atoms with E-state index in [1.165, 1.54) is 4.90 Å². The minimum Gasteiger partial charge on any atom is -0.352 e. The topological polar surface area (TPSA) is 86.8 Å². The third-order valence-corrected chi connectivity index (χ3v) is 8.24. The fourth-order valence-corrected chi connectivity index (χ4v) is 6.03. The fraction of sp³-hybridized carbons (Fsp3) is 0.481. The second-order valence-electron chi connectivity index (χ2n) is 9.54. The number of aryl methyl sites for hydroxylation is 2. The van der Waals surface area contributed by atoms with Gasteiger partial charge in [-0.05, 0) is 55.9 Å². The summed E-state index contributed by atoms with van der Waals surface area (Å²) in [7, 11) is -3.78. The van der Waals surface area contributed by atoms with Gasteiger partial charge in [-0.15, -0.1) is 0 Å². The maximum Gasteiger partial charge on any atom is 0.244 e. The summed E-state index contributed by atoms with van der Waals surface area (Å²) in [5.41, 5.74) is 2.67. The van der Waals surface area contributed by atoms with Crippen LogP contribution in [0, 0.1) is 13.8 Å². The molecule has 196 valence electrons. The van der Waals surface area contributed by atoms with E-state index in [4.69, 9.17) is 11.6 Å². The zero-order valence-corrected chi connectivity index (χ0v) is 23.0. The molecule has 3 rings (SSSR count). The van der Waals surface area contributed by atoms with Crippen molar-refractivity contribution in [2.24, 2.45) is 0 Å². The van der Waals surface area contributed by atoms with Crippen molar-refractivity contribution in [2.75, 3.05) is 17.1 Å². The summed E-state index contributed by atoms with van der Waals surface area (Å²) in [4.78, 5) is 28.7. The van der Waals surface area contributed by atoms with E-state index in [1.54, 1.807) is 12.1 Å². The lowest BCUT2D eigenvalue weighted by molar-refractivity contribution is -0.140. The standard InChI is InChI=1S/C27H36ClN3O4S/c1-5-24(27(33)29-22-14-7-8-15-22)30(17-21-13-6-9-16-23(21)28)25(32)18-31(36(4,34)35)26-19(2)11-10-12-20(26)3/h6,9-13,16,22,24H,5,7-8,14-15,17-18H2,1-4H3,(H,29,33). The summed E-state index contributed by atoms with van der Waals surface area (Å²) in [5.74, 6) is -0.681. The molecular weight excluding hydrogens is 498 g/mol. The monoisotopic (exact) mass is 533 g/mol. The molecule has 9 heteroatoms. The van der Waals surface area contributed by atoms with E-state index in [1.807, 2.05) is 51.1 Å². The number of halogens is 1. The van der Waals surface area contributed by atoms with Crippen LogP contribution in [0.4, 0.5) is 5.69 Å². The third kappa shape index (κ3) is 6.79. The quantitative estimate of drug-likeness (QED) is 0.484. The van der Waals surface area contributed by atoms with E-state index in [0.717, 1.165) is 47.4 Å². The van der Waals surface area contributed by atoms with Crippen LogP contribution in [0.5, 0.6) is 0 Å². The van der Waals surface area contributed by atoms with Gasteiger partial charge in [0.1, 0.15) is 12.6 Å². The summed E-state index contributed by atoms with van der Waals surface area (Å²) >= 11 is 6.41. The Hall–Kier alpha value is -2.58. The van der Waals surface area contributed by atoms with Crippen LogP contribution >= 0.6 is 11.6 Å². The molecule has 1 unspecified atom stereocenters. The highest BCUT2D eigenvalue weighted by Gasteiger charge is 2.33. The van der Waals surface area contributed by atoms with Gasteiger partial charge in [0.2, 0.25) is 21.8 Å². The van der Waals surface area contributed by atoms with Crippen molar-refractivity contribution in [1.82, 2.24) is 10.2 Å². The Bertz CT molecular complexity index is 1180. The third-order valence-electron chi connectivity index (χ3n) is 6.75. The minimum atomic E-state index is -3.78. The molecule has 36 heavy (non-hydrogen) atoms. The van der Waals surface area contributed by atoms with Crippen molar-refractivity contribution in [3.63, 3.8) is 0 Å². The Labute approximate surface area is 219 Å². The fourth-order valence-electron chi connectivity index (χ4n) is 4.87. The molecule has 0 radical (unpaired) electrons. The van der Waals surface area contributed by atoms with E-state index >= 15 is 0 Å². The van der Waals surface area contributed by atoms with Crippen LogP contribution in [0.3, 0.4) is 0 Å². The number of hydrogen-bond donors (Lipinski definition) is 1. The molecule has 1 aliphatic carbocycles. The molecule has 2 aromatic carbocycles. The van der Waals surface area contributed by atoms with E-state index in [2.05, 4.69) is 5.32 Å². The van der Waals surface area contributed by atoms with Crippen molar-refractivity contribution < 1.29 is 18.0 Å². The van der Waals surface area contributed by atoms with Gasteiger partial charge in [0.25, 0.3) is 0 Å². The van der Waals surface area contributed by atoms with Crippen LogP contribution in [-0.2, 0) is 26.2 Å². The predicted octanol–water partition coefficient (Wildman–Crippen LogP) is 4.59. The number of anilines is 1. The number of para-hydroxylation sites is 1. The van der Waals surface area contributed by atoms with Crippen LogP contribution in [0.2, 0.25) is 5.02 Å². The van der Waals surface area contributed by atoms with Crippen molar-refractivity contribution in [3.8, 4) is 0 Å². The van der Waals surface area contributed by atoms with Crippen molar-refractivity contribution in [3.05, 3.63) is 64.2 Å². The molecule has 1 fully saturated rings. The number of benzene rings is 2. The summed E-state index contributed by atoms with van der Waals surface area (Å²) in [5, 5.41) is 3.58. The normalized spacial score (nSPS) is 14.9. The zero-order chi connectivity index (χ0) is 26.5. The summed E-state index contributed by atoms with van der Waals surface area (Å²) < 4.78 is 26.9. The number of nitrogens with zero attached hydrogens (tertiary/aromatic N) is 2. The lowest BCUT2D eigenvalue weighted by Gasteiger charge is -2.34. The molecule has 0 saturated heterocycles. The number of rotatable bonds is 10. The number of sulfonamides is 1. The Morgan fingerprint density at radius 2 is 1.67 bits per heavy atom. The Morgan fingerprint density at radius 3 is 2.22 bits per heavy atom. The van der Waals surface area contributed by atoms with E-state index in [0.29, 0.717) is 22.7 Å². The SMILES string of the molecule is CCC(C(=O)NC1CCCC1)N(Cc1ccccc1Cl)C(=O)CN(c1c(C)cccc1C)S(C)(=O)=O. The average Bonchev–Trinajstić information content (AvgIpc) is 3.31. The molecule has 2 amide bonds. The largest absolute Gasteiger partial charge is 0.352 e. The summed E-state index contributed by atoms with van der Waals surface area (Å²) in [6.07, 6.45) is 5.47. The lowest BCUT2D eigenvalue weighted by Crippen LogP contribution is -2.53. The van der Waals surface area contributed by atoms with Gasteiger partial charge in [0, 0.05) is 17.6 Å². The molecule has 7 nitrogen and oxygen atoms in total. The second-order valence-corrected chi connectivity index (χ2v) is 11.9. The van der Waals surface area contributed by atoms with Gasteiger partial charge in [-0.1, -0.05) is 67.8 Å². The first-order chi connectivity index (χ1) is 17.0. The number of carbonyl (C=O) groups is 2. The van der Waals surface area contributed by atoms with E-state index < -0.39 is 28.5 Å². The van der Waals surface area contributed by atoms with Crippen molar-refractivity contribution >= 4 is 39.1 Å². The number of amides is 2. The van der Waals surface area contributed by atoms with Gasteiger partial charge < -0.3 is 10.2 Å². The summed E-state index contributed by atoms with van der Waals surface area (Å²) in [6.45, 7) is 5.17. The first kappa shape index (κ1) is 28.0. The number of nitrogens with one attached hydrogen (secondary N) is 1. The smallest absolute Gasteiger partial charge is 0.244 e. The molecule has 2 aromatic rings. The molecule has 1 atom stereocenters. The lowest BCUT2D eigenvalue weighted by atomic mass is 10.1. The molecule has 1 saturated carbocycles. The zero-order valence-electron chi connectivity index (χ0n) is 21.5. The molecule has 0 aliphatic heterocycles. The van der Waals surface area contributed by atoms with Gasteiger partial charge in [-0.2, -0.15) is 0 Å². The second kappa shape index (κ2) is 12.1. The molecule has 1 aliphatic rings. The Morgan fingerprint density at radius 1 is 1.06 bits per heavy atom. The highest BCUT2D eigenvalue weighted by Crippen LogP contribution is 2.28. The van der Waals surface area contributed by atoms with Crippen molar-refractivity contribution in [1.29, 1.82) is 0 Å². The maximum absolute atomic E-state index is 13.9. The van der Waals surface area contributed by atoms with Crippen LogP contribution in [0.25, 0.3) is 0 Å². The Balaban J connectivity index is 1.97. The first-order valence-corrected chi connectivity index (χ1v) is 14.6. The molecule has 1 N–H and O–H groups in total. The van der Waals surface area contributed by atoms with Crippen molar-refractivity contribution in [2.45, 2.75) is 71.5 Å². The van der Waals surface area contributed by atoms with Crippen LogP contribution < -0.4 is 9.62 Å². The highest BCUT2D eigenvalue weighted by atomic mass is 35.5. The number of hydrogen-bond acceptors (Lipinski definition) is 4. The van der Waals surface area contributed by atoms with Crippen LogP contribution in [-0.4, -0.2) is 50.0 Å². The molecular formula is C27H36ClN3O4S. The van der Waals surface area contributed by atoms with Gasteiger partial charge >= 0.3 is 0 Å². The predicted molar refractivity (Wildman–Crippen MR) is 145 cm³/mol. The van der Waals surface area contributed by atoms with Gasteiger partial charge in [0.15, 0.2) is 0 Å². The first-order valence-electron chi connectivity index (χ1n) is 12.4. The van der Waals surface area contributed by atoms with Crippen LogP contribution in [0.15, 0.2) is 42.5 Å². The van der Waals surface area contributed by atoms with Crippen LogP contribution in [0.1, 0.15) is 55.7 Å². The summed E-state index contributed by atoms with van der Waals surface area (Å²) in [6, 6.07) is 12.0. The highest BCUT2D eigenvalue weighted by molar-refractivity contribution is 7.92. The molecule has 0 heterocycles.